The van der Waals surface area contributed by atoms with E-state index in [1.54, 1.807) is 13.8 Å². The van der Waals surface area contributed by atoms with Crippen LogP contribution in [0, 0.1) is 44.8 Å². The molecular formula is C35H56ClNO8. The van der Waals surface area contributed by atoms with E-state index in [-0.39, 0.29) is 58.4 Å². The van der Waals surface area contributed by atoms with Gasteiger partial charge in [-0.1, -0.05) is 27.7 Å². The van der Waals surface area contributed by atoms with Crippen LogP contribution in [0.25, 0.3) is 0 Å². The van der Waals surface area contributed by atoms with E-state index in [2.05, 4.69) is 39.5 Å². The van der Waals surface area contributed by atoms with E-state index >= 15 is 0 Å². The number of aliphatic hydroxyl groups is 3. The van der Waals surface area contributed by atoms with Crippen molar-refractivity contribution in [2.45, 2.75) is 161 Å². The van der Waals surface area contributed by atoms with E-state index in [4.69, 9.17) is 26.4 Å². The molecule has 6 fully saturated rings. The summed E-state index contributed by atoms with van der Waals surface area (Å²) in [7, 11) is 0. The zero-order valence-electron chi connectivity index (χ0n) is 28.2. The number of carbonyl (C=O) groups is 2. The van der Waals surface area contributed by atoms with Gasteiger partial charge < -0.3 is 29.9 Å². The Kier molecular flexibility index (Phi) is 7.92. The standard InChI is InChI=1S/C35H56ClNO8/c1-29(2)23(44-28(42)19(37-36)8-9-25(40)41)11-13-35-18-34(35)15-14-31(5)27(33(7)12-10-24(45-33)30(3,4)43)21(39)17-32(31,6)22(34)16-20(38)26(29)35/h19-24,26-27,37-39,43H,8-18H2,1-7H3,(H,40,41)/t19-,20+,21+,22?,23?,24+,26+,27+,31-,32+,33-,34+,35-/m1/s1. The number of esters is 1. The summed E-state index contributed by atoms with van der Waals surface area (Å²) in [5, 5.41) is 43.8. The predicted molar refractivity (Wildman–Crippen MR) is 168 cm³/mol. The van der Waals surface area contributed by atoms with E-state index in [0.29, 0.717) is 19.3 Å². The number of aliphatic carboxylic acids is 1. The van der Waals surface area contributed by atoms with Crippen molar-refractivity contribution in [3.63, 3.8) is 0 Å². The number of aliphatic hydroxyl groups excluding tert-OH is 2. The topological polar surface area (TPSA) is 146 Å². The summed E-state index contributed by atoms with van der Waals surface area (Å²) in [5.74, 6) is -1.37. The molecule has 1 heterocycles. The fourth-order valence-electron chi connectivity index (χ4n) is 13.0. The van der Waals surface area contributed by atoms with Gasteiger partial charge >= 0.3 is 11.9 Å². The van der Waals surface area contributed by atoms with Crippen LogP contribution in [0.2, 0.25) is 0 Å². The zero-order valence-corrected chi connectivity index (χ0v) is 29.0. The summed E-state index contributed by atoms with van der Waals surface area (Å²) in [5.41, 5.74) is -2.26. The first kappa shape index (κ1) is 33.9. The summed E-state index contributed by atoms with van der Waals surface area (Å²) in [6, 6.07) is -0.912. The number of halogens is 1. The maximum Gasteiger partial charge on any atom is 0.324 e. The molecule has 45 heavy (non-hydrogen) atoms. The van der Waals surface area contributed by atoms with Crippen molar-refractivity contribution in [3.05, 3.63) is 0 Å². The zero-order chi connectivity index (χ0) is 33.2. The molecule has 0 radical (unpaired) electrons. The molecule has 1 saturated heterocycles. The molecule has 0 amide bonds. The van der Waals surface area contributed by atoms with E-state index in [1.807, 2.05) is 0 Å². The lowest BCUT2D eigenvalue weighted by molar-refractivity contribution is -0.218. The molecule has 1 aliphatic heterocycles. The molecule has 6 rings (SSSR count). The second-order valence-electron chi connectivity index (χ2n) is 17.9. The Balaban J connectivity index is 1.25. The molecule has 2 unspecified atom stereocenters. The van der Waals surface area contributed by atoms with Gasteiger partial charge in [-0.15, -0.1) is 0 Å². The Labute approximate surface area is 273 Å². The van der Waals surface area contributed by atoms with E-state index in [1.165, 1.54) is 0 Å². The maximum absolute atomic E-state index is 13.1. The normalized spacial score (nSPS) is 50.5. The van der Waals surface area contributed by atoms with Crippen LogP contribution in [0.15, 0.2) is 0 Å². The fraction of sp³-hybridized carbons (Fsp3) is 0.943. The molecule has 0 bridgehead atoms. The summed E-state index contributed by atoms with van der Waals surface area (Å²) in [4.78, 5) is 26.6. The van der Waals surface area contributed by atoms with Gasteiger partial charge in [0.1, 0.15) is 12.1 Å². The van der Waals surface area contributed by atoms with Crippen LogP contribution < -0.4 is 4.84 Å². The summed E-state index contributed by atoms with van der Waals surface area (Å²) >= 11 is 5.82. The van der Waals surface area contributed by atoms with Gasteiger partial charge in [0.2, 0.25) is 0 Å². The smallest absolute Gasteiger partial charge is 0.324 e. The number of ether oxygens (including phenoxy) is 2. The third-order valence-corrected chi connectivity index (χ3v) is 15.3. The molecule has 2 spiro atoms. The van der Waals surface area contributed by atoms with Gasteiger partial charge in [0.15, 0.2) is 0 Å². The Bertz CT molecular complexity index is 1220. The number of carboxylic acid groups (broad SMARTS) is 1. The lowest BCUT2D eigenvalue weighted by Crippen LogP contribution is -2.62. The highest BCUT2D eigenvalue weighted by Crippen LogP contribution is 2.89. The van der Waals surface area contributed by atoms with Crippen molar-refractivity contribution >= 4 is 23.7 Å². The summed E-state index contributed by atoms with van der Waals surface area (Å²) < 4.78 is 12.7. The Morgan fingerprint density at radius 1 is 0.978 bits per heavy atom. The number of nitrogens with one attached hydrogen (secondary N) is 1. The lowest BCUT2D eigenvalue weighted by Gasteiger charge is -2.64. The highest BCUT2D eigenvalue weighted by molar-refractivity contribution is 6.14. The van der Waals surface area contributed by atoms with Crippen molar-refractivity contribution in [1.29, 1.82) is 0 Å². The van der Waals surface area contributed by atoms with Gasteiger partial charge in [-0.2, -0.15) is 0 Å². The third-order valence-electron chi connectivity index (χ3n) is 15.1. The number of hydrogen-bond acceptors (Lipinski definition) is 8. The fourth-order valence-corrected chi connectivity index (χ4v) is 13.2. The van der Waals surface area contributed by atoms with E-state index in [0.717, 1.165) is 38.5 Å². The minimum absolute atomic E-state index is 0.0347. The first-order chi connectivity index (χ1) is 20.7. The number of rotatable bonds is 8. The van der Waals surface area contributed by atoms with E-state index in [9.17, 15) is 24.9 Å². The van der Waals surface area contributed by atoms with Crippen LogP contribution in [-0.2, 0) is 19.1 Å². The van der Waals surface area contributed by atoms with Crippen molar-refractivity contribution in [3.8, 4) is 0 Å². The average molecular weight is 654 g/mol. The minimum atomic E-state index is -1.000. The quantitative estimate of drug-likeness (QED) is 0.181. The summed E-state index contributed by atoms with van der Waals surface area (Å²) in [6.45, 7) is 14.7. The Morgan fingerprint density at radius 2 is 1.67 bits per heavy atom. The van der Waals surface area contributed by atoms with E-state index < -0.39 is 52.9 Å². The second kappa shape index (κ2) is 10.5. The number of hydrogen-bond donors (Lipinski definition) is 5. The SMILES string of the molecule is CC(C)(O)[C@@H]1CC[C@](C)([C@H]2[C@@H](O)C[C@@]3(C)C4C[C@H](O)[C@H]5C(C)(C)C(OC(=O)[C@@H](CCC(=O)O)NCl)CC[C@@]56C[C@@]46CC[C@]23C)O1. The Morgan fingerprint density at radius 3 is 2.27 bits per heavy atom. The predicted octanol–water partition coefficient (Wildman–Crippen LogP) is 4.96. The van der Waals surface area contributed by atoms with Crippen molar-refractivity contribution in [1.82, 2.24) is 4.84 Å². The highest BCUT2D eigenvalue weighted by Gasteiger charge is 2.85. The molecule has 5 N–H and O–H groups in total. The molecule has 0 aromatic rings. The maximum atomic E-state index is 13.1. The monoisotopic (exact) mass is 653 g/mol. The average Bonchev–Trinajstić information content (AvgIpc) is 3.27. The van der Waals surface area contributed by atoms with Crippen LogP contribution in [0.4, 0.5) is 0 Å². The minimum Gasteiger partial charge on any atom is -0.481 e. The largest absolute Gasteiger partial charge is 0.481 e. The van der Waals surface area contributed by atoms with Crippen LogP contribution in [0.1, 0.15) is 119 Å². The van der Waals surface area contributed by atoms with Gasteiger partial charge in [-0.3, -0.25) is 9.59 Å². The van der Waals surface area contributed by atoms with Gasteiger partial charge in [0.25, 0.3) is 0 Å². The Hall–Kier alpha value is -0.970. The van der Waals surface area contributed by atoms with Gasteiger partial charge in [-0.05, 0) is 130 Å². The molecule has 5 saturated carbocycles. The number of fused-ring (bicyclic) bond motifs is 2. The van der Waals surface area contributed by atoms with Crippen molar-refractivity contribution in [2.24, 2.45) is 44.8 Å². The highest BCUT2D eigenvalue weighted by atomic mass is 35.5. The van der Waals surface area contributed by atoms with Gasteiger partial charge in [-0.25, -0.2) is 4.84 Å². The molecule has 6 aliphatic rings. The molecule has 10 heteroatoms. The van der Waals surface area contributed by atoms with Crippen LogP contribution >= 0.6 is 11.8 Å². The van der Waals surface area contributed by atoms with Gasteiger partial charge in [0, 0.05) is 17.8 Å². The van der Waals surface area contributed by atoms with Crippen LogP contribution in [-0.4, -0.2) is 74.0 Å². The van der Waals surface area contributed by atoms with Crippen molar-refractivity contribution in [2.75, 3.05) is 0 Å². The molecule has 0 aromatic heterocycles. The second-order valence-corrected chi connectivity index (χ2v) is 18.1. The lowest BCUT2D eigenvalue weighted by atomic mass is 9.41. The number of carbonyl (C=O) groups excluding carboxylic acids is 1. The van der Waals surface area contributed by atoms with Crippen molar-refractivity contribution < 1.29 is 39.5 Å². The number of carboxylic acids is 1. The molecular weight excluding hydrogens is 598 g/mol. The molecule has 5 aliphatic carbocycles. The van der Waals surface area contributed by atoms with Crippen LogP contribution in [0.3, 0.4) is 0 Å². The first-order valence-corrected chi connectivity index (χ1v) is 17.6. The molecule has 9 nitrogen and oxygen atoms in total. The molecule has 13 atom stereocenters. The molecule has 256 valence electrons. The van der Waals surface area contributed by atoms with Gasteiger partial charge in [0.05, 0.1) is 29.5 Å². The van der Waals surface area contributed by atoms with Crippen LogP contribution in [0.5, 0.6) is 0 Å². The first-order valence-electron chi connectivity index (χ1n) is 17.3. The third kappa shape index (κ3) is 4.63. The molecule has 0 aromatic carbocycles. The summed E-state index contributed by atoms with van der Waals surface area (Å²) in [6.07, 6.45) is 5.69.